The number of aromatic amines is 1. The van der Waals surface area contributed by atoms with Crippen LogP contribution in [0.5, 0.6) is 5.75 Å². The number of hydrogen-bond donors (Lipinski definition) is 2. The molecule has 1 aromatic heterocycles. The highest BCUT2D eigenvalue weighted by Crippen LogP contribution is 2.18. The first kappa shape index (κ1) is 16.0. The van der Waals surface area contributed by atoms with Crippen LogP contribution in [0.15, 0.2) is 62.7 Å². The Balaban J connectivity index is 2.08. The number of hydrogen-bond acceptors (Lipinski definition) is 5. The number of methoxy groups -OCH3 is 1. The van der Waals surface area contributed by atoms with Gasteiger partial charge in [0.05, 0.1) is 17.6 Å². The zero-order valence-electron chi connectivity index (χ0n) is 12.6. The Kier molecular flexibility index (Phi) is 3.96. The van der Waals surface area contributed by atoms with Gasteiger partial charge in [-0.25, -0.2) is 18.4 Å². The van der Waals surface area contributed by atoms with Gasteiger partial charge in [0.25, 0.3) is 0 Å². The van der Waals surface area contributed by atoms with E-state index in [0.29, 0.717) is 17.0 Å². The predicted octanol–water partition coefficient (Wildman–Crippen LogP) is 0.568. The van der Waals surface area contributed by atoms with Crippen LogP contribution in [0, 0.1) is 0 Å². The monoisotopic (exact) mass is 348 g/mol. The van der Waals surface area contributed by atoms with Crippen molar-refractivity contribution in [3.05, 3.63) is 59.0 Å². The number of nitrogens with one attached hydrogen (secondary N) is 1. The molecule has 0 atom stereocenters. The van der Waals surface area contributed by atoms with Gasteiger partial charge in [0.15, 0.2) is 0 Å². The lowest BCUT2D eigenvalue weighted by molar-refractivity contribution is -0.660. The van der Waals surface area contributed by atoms with Crippen molar-refractivity contribution in [2.75, 3.05) is 7.11 Å². The van der Waals surface area contributed by atoms with Crippen molar-refractivity contribution in [2.45, 2.75) is 4.90 Å². The molecule has 0 aliphatic rings. The molecule has 24 heavy (non-hydrogen) atoms. The minimum absolute atomic E-state index is 0.0244. The van der Waals surface area contributed by atoms with Crippen molar-refractivity contribution in [2.24, 2.45) is 5.14 Å². The molecule has 124 valence electrons. The van der Waals surface area contributed by atoms with Crippen LogP contribution in [0.1, 0.15) is 0 Å². The van der Waals surface area contributed by atoms with Crippen molar-refractivity contribution < 1.29 is 22.4 Å². The Bertz CT molecular complexity index is 1020. The molecule has 0 aliphatic carbocycles. The maximum atomic E-state index is 12.0. The van der Waals surface area contributed by atoms with Crippen LogP contribution < -0.4 is 20.2 Å². The molecule has 0 radical (unpaired) electrons. The highest BCUT2D eigenvalue weighted by Gasteiger charge is 2.25. The minimum atomic E-state index is -3.79. The molecule has 0 unspecified atom stereocenters. The highest BCUT2D eigenvalue weighted by atomic mass is 32.2. The van der Waals surface area contributed by atoms with E-state index in [1.807, 2.05) is 0 Å². The molecule has 3 rings (SSSR count). The summed E-state index contributed by atoms with van der Waals surface area (Å²) in [4.78, 5) is 12.0. The third kappa shape index (κ3) is 2.94. The molecule has 0 amide bonds. The Morgan fingerprint density at radius 1 is 1.08 bits per heavy atom. The number of nitrogens with zero attached hydrogens (tertiary/aromatic N) is 1. The molecule has 2 aromatic carbocycles. The maximum Gasteiger partial charge on any atom is 0.435 e. The topological polar surface area (TPSA) is 119 Å². The van der Waals surface area contributed by atoms with Gasteiger partial charge in [0.2, 0.25) is 15.7 Å². The van der Waals surface area contributed by atoms with E-state index >= 15 is 0 Å². The summed E-state index contributed by atoms with van der Waals surface area (Å²) < 4.78 is 34.0. The second-order valence-corrected chi connectivity index (χ2v) is 6.49. The van der Waals surface area contributed by atoms with Gasteiger partial charge in [-0.05, 0) is 46.4 Å². The summed E-state index contributed by atoms with van der Waals surface area (Å²) in [5.74, 6) is 0.655. The molecule has 0 spiro atoms. The van der Waals surface area contributed by atoms with Crippen molar-refractivity contribution >= 4 is 10.0 Å². The summed E-state index contributed by atoms with van der Waals surface area (Å²) >= 11 is 0. The molecule has 8 nitrogen and oxygen atoms in total. The van der Waals surface area contributed by atoms with E-state index in [1.165, 1.54) is 28.9 Å². The zero-order valence-corrected chi connectivity index (χ0v) is 13.4. The molecule has 3 aromatic rings. The smallest absolute Gasteiger partial charge is 0.435 e. The fourth-order valence-electron chi connectivity index (χ4n) is 2.23. The van der Waals surface area contributed by atoms with Gasteiger partial charge in [0.1, 0.15) is 5.75 Å². The lowest BCUT2D eigenvalue weighted by Crippen LogP contribution is -2.36. The van der Waals surface area contributed by atoms with E-state index in [1.54, 1.807) is 31.4 Å². The van der Waals surface area contributed by atoms with Crippen LogP contribution in [0.2, 0.25) is 0 Å². The van der Waals surface area contributed by atoms with Crippen molar-refractivity contribution in [3.63, 3.8) is 0 Å². The lowest BCUT2D eigenvalue weighted by Gasteiger charge is -2.00. The largest absolute Gasteiger partial charge is 0.497 e. The summed E-state index contributed by atoms with van der Waals surface area (Å²) in [5.41, 5.74) is 0.831. The Labute approximate surface area is 137 Å². The number of nitrogens with two attached hydrogens (primary N) is 1. The van der Waals surface area contributed by atoms with Gasteiger partial charge in [-0.3, -0.25) is 4.52 Å². The Morgan fingerprint density at radius 2 is 1.71 bits per heavy atom. The summed E-state index contributed by atoms with van der Waals surface area (Å²) in [5, 5.41) is 7.57. The lowest BCUT2D eigenvalue weighted by atomic mass is 10.1. The van der Waals surface area contributed by atoms with Gasteiger partial charge in [-0.1, -0.05) is 0 Å². The fraction of sp³-hybridized carbons (Fsp3) is 0.0667. The van der Waals surface area contributed by atoms with Gasteiger partial charge >= 0.3 is 11.3 Å². The molecule has 0 fully saturated rings. The van der Waals surface area contributed by atoms with Crippen molar-refractivity contribution in [1.82, 2.24) is 5.27 Å². The van der Waals surface area contributed by atoms with Gasteiger partial charge in [-0.2, -0.15) is 0 Å². The van der Waals surface area contributed by atoms with Crippen LogP contribution >= 0.6 is 0 Å². The summed E-state index contributed by atoms with van der Waals surface area (Å²) in [6.45, 7) is 0. The second kappa shape index (κ2) is 5.95. The van der Waals surface area contributed by atoms with Crippen LogP contribution in [0.25, 0.3) is 16.9 Å². The van der Waals surface area contributed by atoms with E-state index in [4.69, 9.17) is 14.4 Å². The number of benzene rings is 2. The fourth-order valence-corrected chi connectivity index (χ4v) is 2.75. The molecule has 0 saturated heterocycles. The van der Waals surface area contributed by atoms with Crippen LogP contribution in [-0.4, -0.2) is 20.8 Å². The van der Waals surface area contributed by atoms with E-state index in [9.17, 15) is 13.2 Å². The number of rotatable bonds is 4. The first-order valence-corrected chi connectivity index (χ1v) is 8.36. The van der Waals surface area contributed by atoms with Gasteiger partial charge in [-0.15, -0.1) is 0 Å². The molecule has 0 aliphatic heterocycles. The SMILES string of the molecule is COc1ccc(-c2c(=O)o[nH][n+]2-c2ccc(S(N)(=O)=O)cc2)cc1. The van der Waals surface area contributed by atoms with Crippen LogP contribution in [0.3, 0.4) is 0 Å². The normalized spacial score (nSPS) is 11.4. The second-order valence-electron chi connectivity index (χ2n) is 4.93. The van der Waals surface area contributed by atoms with E-state index in [-0.39, 0.29) is 10.6 Å². The zero-order chi connectivity index (χ0) is 17.3. The third-order valence-corrected chi connectivity index (χ3v) is 4.36. The average Bonchev–Trinajstić information content (AvgIpc) is 2.96. The van der Waals surface area contributed by atoms with Crippen molar-refractivity contribution in [1.29, 1.82) is 0 Å². The summed E-state index contributed by atoms with van der Waals surface area (Å²) in [7, 11) is -2.24. The molecule has 1 heterocycles. The van der Waals surface area contributed by atoms with Crippen LogP contribution in [0.4, 0.5) is 0 Å². The standard InChI is InChI=1S/C15H13N3O5S/c1-22-12-6-2-10(3-7-12)14-15(19)23-17-18(14)11-4-8-13(9-5-11)24(16,20)21/h2-9H,1H3,(H2-,16,17,19,20,21)/p+1. The number of H-pyrrole nitrogens is 1. The van der Waals surface area contributed by atoms with E-state index in [2.05, 4.69) is 5.27 Å². The predicted molar refractivity (Wildman–Crippen MR) is 84.2 cm³/mol. The Morgan fingerprint density at radius 3 is 2.25 bits per heavy atom. The maximum absolute atomic E-state index is 12.0. The molecule has 9 heteroatoms. The summed E-state index contributed by atoms with van der Waals surface area (Å²) in [6.07, 6.45) is 0. The first-order chi connectivity index (χ1) is 11.4. The molecule has 0 saturated carbocycles. The van der Waals surface area contributed by atoms with Crippen molar-refractivity contribution in [3.8, 4) is 22.7 Å². The van der Waals surface area contributed by atoms with E-state index in [0.717, 1.165) is 0 Å². The Hall–Kier alpha value is -2.91. The summed E-state index contributed by atoms with van der Waals surface area (Å²) in [6, 6.07) is 12.6. The van der Waals surface area contributed by atoms with Gasteiger partial charge in [0, 0.05) is 12.1 Å². The highest BCUT2D eigenvalue weighted by molar-refractivity contribution is 7.89. The third-order valence-electron chi connectivity index (χ3n) is 3.43. The van der Waals surface area contributed by atoms with Crippen LogP contribution in [-0.2, 0) is 10.0 Å². The average molecular weight is 348 g/mol. The molecular weight excluding hydrogens is 334 g/mol. The number of sulfonamides is 1. The van der Waals surface area contributed by atoms with Gasteiger partial charge < -0.3 is 4.74 Å². The number of ether oxygens (including phenoxy) is 1. The minimum Gasteiger partial charge on any atom is -0.497 e. The number of aromatic nitrogens is 2. The first-order valence-electron chi connectivity index (χ1n) is 6.81. The number of primary sulfonamides is 1. The molecule has 3 N–H and O–H groups in total. The van der Waals surface area contributed by atoms with E-state index < -0.39 is 15.6 Å². The molecular formula is C15H14N3O5S+. The molecule has 0 bridgehead atoms. The quantitative estimate of drug-likeness (QED) is 0.668.